The first-order valence-corrected chi connectivity index (χ1v) is 13.5. The number of benzene rings is 3. The fourth-order valence-corrected chi connectivity index (χ4v) is 4.85. The van der Waals surface area contributed by atoms with Crippen LogP contribution in [0.3, 0.4) is 0 Å². The van der Waals surface area contributed by atoms with Crippen LogP contribution in [0.1, 0.15) is 42.5 Å². The molecular weight excluding hydrogens is 561 g/mol. The number of methoxy groups -OCH3 is 1. The zero-order valence-electron chi connectivity index (χ0n) is 22.6. The molecule has 0 radical (unpaired) electrons. The van der Waals surface area contributed by atoms with Crippen LogP contribution in [-0.2, 0) is 27.2 Å². The molecular formula is C30H30ClF3N2O5. The maximum absolute atomic E-state index is 14.0. The average molecular weight is 591 g/mol. The number of amides is 1. The van der Waals surface area contributed by atoms with Crippen molar-refractivity contribution >= 4 is 34.9 Å². The molecule has 11 heteroatoms. The minimum absolute atomic E-state index is 0.267. The second-order valence-electron chi connectivity index (χ2n) is 9.44. The Balaban J connectivity index is 1.62. The van der Waals surface area contributed by atoms with Crippen molar-refractivity contribution in [1.82, 2.24) is 0 Å². The lowest BCUT2D eigenvalue weighted by atomic mass is 10.0. The predicted molar refractivity (Wildman–Crippen MR) is 150 cm³/mol. The van der Waals surface area contributed by atoms with Crippen molar-refractivity contribution in [2.45, 2.75) is 45.0 Å². The number of nitrogens with zero attached hydrogens (tertiary/aromatic N) is 1. The molecule has 1 aliphatic rings. The Morgan fingerprint density at radius 1 is 1.05 bits per heavy atom. The lowest BCUT2D eigenvalue weighted by molar-refractivity contribution is -0.274. The van der Waals surface area contributed by atoms with Crippen molar-refractivity contribution in [3.8, 4) is 11.5 Å². The molecule has 0 aromatic heterocycles. The Morgan fingerprint density at radius 2 is 1.80 bits per heavy atom. The second kappa shape index (κ2) is 13.2. The minimum atomic E-state index is -4.85. The van der Waals surface area contributed by atoms with Gasteiger partial charge in [-0.15, -0.1) is 13.2 Å². The number of anilines is 2. The molecule has 1 N–H and O–H groups in total. The van der Waals surface area contributed by atoms with E-state index in [1.807, 2.05) is 12.1 Å². The van der Waals surface area contributed by atoms with E-state index in [9.17, 15) is 22.8 Å². The first kappa shape index (κ1) is 30.0. The van der Waals surface area contributed by atoms with Crippen LogP contribution in [-0.4, -0.2) is 38.5 Å². The number of rotatable bonds is 11. The van der Waals surface area contributed by atoms with Gasteiger partial charge in [-0.05, 0) is 73.2 Å². The third-order valence-corrected chi connectivity index (χ3v) is 6.82. The van der Waals surface area contributed by atoms with Gasteiger partial charge < -0.3 is 24.4 Å². The van der Waals surface area contributed by atoms with Crippen molar-refractivity contribution in [1.29, 1.82) is 0 Å². The van der Waals surface area contributed by atoms with Gasteiger partial charge >= 0.3 is 12.3 Å². The number of carbonyl (C=O) groups is 2. The number of esters is 1. The van der Waals surface area contributed by atoms with E-state index >= 15 is 0 Å². The number of ether oxygens (including phenoxy) is 3. The van der Waals surface area contributed by atoms with E-state index in [0.717, 1.165) is 11.1 Å². The molecule has 0 fully saturated rings. The Morgan fingerprint density at radius 3 is 2.49 bits per heavy atom. The summed E-state index contributed by atoms with van der Waals surface area (Å²) in [5.74, 6) is -0.463. The van der Waals surface area contributed by atoms with Crippen molar-refractivity contribution in [3.63, 3.8) is 0 Å². The number of fused-ring (bicyclic) bond motifs is 1. The summed E-state index contributed by atoms with van der Waals surface area (Å²) in [5, 5.41) is 3.78. The molecule has 1 unspecified atom stereocenters. The molecule has 0 saturated carbocycles. The third-order valence-electron chi connectivity index (χ3n) is 6.57. The van der Waals surface area contributed by atoms with Gasteiger partial charge in [-0.2, -0.15) is 0 Å². The fraction of sp³-hybridized carbons (Fsp3) is 0.333. The van der Waals surface area contributed by atoms with E-state index in [1.54, 1.807) is 43.3 Å². The van der Waals surface area contributed by atoms with Crippen LogP contribution in [0.2, 0.25) is 5.02 Å². The van der Waals surface area contributed by atoms with Gasteiger partial charge in [0.15, 0.2) is 0 Å². The average Bonchev–Trinajstić information content (AvgIpc) is 3.34. The molecule has 1 atom stereocenters. The second-order valence-corrected chi connectivity index (χ2v) is 9.87. The summed E-state index contributed by atoms with van der Waals surface area (Å²) in [4.78, 5) is 27.2. The summed E-state index contributed by atoms with van der Waals surface area (Å²) >= 11 is 6.10. The standard InChI is InChI=1S/C30H30ClF3N2O5/c1-3-40-27(37)6-4-5-19-15-23(17-25(16-19)39-2)35-28(21-7-10-22(31)11-8-21)29(38)36-14-13-20-9-12-24(18-26(20)36)41-30(32,33)34/h7-12,15-18,28,35H,3-6,13-14H2,1-2H3. The van der Waals surface area contributed by atoms with Gasteiger partial charge in [-0.25, -0.2) is 0 Å². The number of halogens is 4. The molecule has 0 saturated heterocycles. The SMILES string of the molecule is CCOC(=O)CCCc1cc(NC(C(=O)N2CCc3ccc(OC(F)(F)F)cc32)c2ccc(Cl)cc2)cc(OC)c1. The molecule has 3 aromatic rings. The monoisotopic (exact) mass is 590 g/mol. The van der Waals surface area contributed by atoms with Crippen LogP contribution in [0.15, 0.2) is 60.7 Å². The number of hydrogen-bond acceptors (Lipinski definition) is 6. The highest BCUT2D eigenvalue weighted by Crippen LogP contribution is 2.36. The first-order valence-electron chi connectivity index (χ1n) is 13.1. The Labute approximate surface area is 241 Å². The molecule has 0 aliphatic carbocycles. The number of carbonyl (C=O) groups excluding carboxylic acids is 2. The van der Waals surface area contributed by atoms with Gasteiger partial charge in [-0.3, -0.25) is 9.59 Å². The normalized spacial score (nSPS) is 13.4. The van der Waals surface area contributed by atoms with E-state index in [4.69, 9.17) is 21.1 Å². The summed E-state index contributed by atoms with van der Waals surface area (Å²) in [6.07, 6.45) is -2.95. The minimum Gasteiger partial charge on any atom is -0.497 e. The van der Waals surface area contributed by atoms with E-state index in [2.05, 4.69) is 10.1 Å². The molecule has 0 spiro atoms. The predicted octanol–water partition coefficient (Wildman–Crippen LogP) is 6.88. The quantitative estimate of drug-likeness (QED) is 0.246. The van der Waals surface area contributed by atoms with Crippen molar-refractivity contribution in [2.75, 3.05) is 30.5 Å². The van der Waals surface area contributed by atoms with E-state index in [0.29, 0.717) is 60.1 Å². The van der Waals surface area contributed by atoms with Crippen LogP contribution in [0.25, 0.3) is 0 Å². The molecule has 7 nitrogen and oxygen atoms in total. The van der Waals surface area contributed by atoms with Gasteiger partial charge in [0.25, 0.3) is 5.91 Å². The van der Waals surface area contributed by atoms with Gasteiger partial charge in [0.05, 0.1) is 19.4 Å². The molecule has 0 bridgehead atoms. The molecule has 218 valence electrons. The van der Waals surface area contributed by atoms with Crippen molar-refractivity contribution in [3.05, 3.63) is 82.4 Å². The van der Waals surface area contributed by atoms with Crippen LogP contribution in [0.5, 0.6) is 11.5 Å². The molecule has 1 amide bonds. The molecule has 1 aliphatic heterocycles. The highest BCUT2D eigenvalue weighted by atomic mass is 35.5. The summed E-state index contributed by atoms with van der Waals surface area (Å²) in [7, 11) is 1.53. The fourth-order valence-electron chi connectivity index (χ4n) is 4.73. The largest absolute Gasteiger partial charge is 0.573 e. The molecule has 3 aromatic carbocycles. The maximum Gasteiger partial charge on any atom is 0.573 e. The summed E-state index contributed by atoms with van der Waals surface area (Å²) < 4.78 is 53.2. The summed E-state index contributed by atoms with van der Waals surface area (Å²) in [5.41, 5.74) is 3.20. The summed E-state index contributed by atoms with van der Waals surface area (Å²) in [6.45, 7) is 2.38. The third kappa shape index (κ3) is 8.07. The van der Waals surface area contributed by atoms with E-state index in [-0.39, 0.29) is 18.3 Å². The Kier molecular flexibility index (Phi) is 9.65. The van der Waals surface area contributed by atoms with Crippen molar-refractivity contribution < 1.29 is 37.0 Å². The number of aryl methyl sites for hydroxylation is 1. The van der Waals surface area contributed by atoms with Gasteiger partial charge in [0.2, 0.25) is 0 Å². The lowest BCUT2D eigenvalue weighted by Gasteiger charge is -2.27. The topological polar surface area (TPSA) is 77.1 Å². The highest BCUT2D eigenvalue weighted by molar-refractivity contribution is 6.30. The van der Waals surface area contributed by atoms with E-state index < -0.39 is 18.2 Å². The zero-order chi connectivity index (χ0) is 29.6. The first-order chi connectivity index (χ1) is 19.6. The van der Waals surface area contributed by atoms with Crippen molar-refractivity contribution in [2.24, 2.45) is 0 Å². The lowest BCUT2D eigenvalue weighted by Crippen LogP contribution is -2.37. The smallest absolute Gasteiger partial charge is 0.497 e. The van der Waals surface area contributed by atoms with Crippen LogP contribution >= 0.6 is 11.6 Å². The molecule has 41 heavy (non-hydrogen) atoms. The van der Waals surface area contributed by atoms with E-state index in [1.165, 1.54) is 24.1 Å². The summed E-state index contributed by atoms with van der Waals surface area (Å²) in [6, 6.07) is 15.4. The van der Waals surface area contributed by atoms with Gasteiger partial charge in [0, 0.05) is 35.8 Å². The van der Waals surface area contributed by atoms with Gasteiger partial charge in [0.1, 0.15) is 17.5 Å². The van der Waals surface area contributed by atoms with Crippen LogP contribution in [0, 0.1) is 0 Å². The number of nitrogens with one attached hydrogen (secondary N) is 1. The molecule has 1 heterocycles. The molecule has 4 rings (SSSR count). The van der Waals surface area contributed by atoms with Crippen LogP contribution in [0.4, 0.5) is 24.5 Å². The Hall–Kier alpha value is -3.92. The Bertz CT molecular complexity index is 1380. The highest BCUT2D eigenvalue weighted by Gasteiger charge is 2.34. The number of hydrogen-bond donors (Lipinski definition) is 1. The van der Waals surface area contributed by atoms with Crippen LogP contribution < -0.4 is 19.7 Å². The maximum atomic E-state index is 14.0. The number of alkyl halides is 3. The zero-order valence-corrected chi connectivity index (χ0v) is 23.3. The van der Waals surface area contributed by atoms with Gasteiger partial charge in [-0.1, -0.05) is 29.8 Å².